The molecule has 1 amide bonds. The summed E-state index contributed by atoms with van der Waals surface area (Å²) in [5.74, 6) is -3.40. The van der Waals surface area contributed by atoms with Crippen molar-refractivity contribution >= 4 is 25.9 Å². The molecule has 0 aromatic heterocycles. The number of nitrogens with zero attached hydrogens (tertiary/aromatic N) is 1. The highest BCUT2D eigenvalue weighted by molar-refractivity contribution is 7.54. The van der Waals surface area contributed by atoms with Crippen LogP contribution in [0.5, 0.6) is 0 Å². The van der Waals surface area contributed by atoms with Crippen LogP contribution in [0, 0.1) is 22.5 Å². The predicted octanol–water partition coefficient (Wildman–Crippen LogP) is 4.56. The summed E-state index contributed by atoms with van der Waals surface area (Å²) >= 11 is 0. The van der Waals surface area contributed by atoms with Crippen molar-refractivity contribution in [1.29, 1.82) is 0 Å². The number of esters is 2. The first-order valence-electron chi connectivity index (χ1n) is 10.6. The van der Waals surface area contributed by atoms with Gasteiger partial charge in [-0.3, -0.25) is 33.2 Å². The third kappa shape index (κ3) is 9.64. The number of ether oxygens (including phenoxy) is 2. The minimum absolute atomic E-state index is 0.0704. The van der Waals surface area contributed by atoms with E-state index in [0.717, 1.165) is 12.1 Å². The SMILES string of the molecule is CC(C)(C)C(=O)OCOP(=O)(OCOC(=O)C(C)(C)C)C(CCN(O)C=O)c1ccc(F)cc1F. The maximum absolute atomic E-state index is 14.7. The lowest BCUT2D eigenvalue weighted by Crippen LogP contribution is -2.26. The molecule has 0 aliphatic rings. The standard InChI is InChI=1S/C22H32F2NO9P/c1-21(2,3)19(27)31-13-33-35(30,34-14-32-20(28)22(4,5)6)18(9-10-25(29)12-26)16-8-7-15(23)11-17(16)24/h7-8,11-12,18,29H,9-10,13-14H2,1-6H3. The molecule has 0 bridgehead atoms. The van der Waals surface area contributed by atoms with E-state index in [0.29, 0.717) is 6.07 Å². The van der Waals surface area contributed by atoms with Crippen molar-refractivity contribution in [3.05, 3.63) is 35.4 Å². The largest absolute Gasteiger partial charge is 0.438 e. The second-order valence-corrected chi connectivity index (χ2v) is 11.9. The van der Waals surface area contributed by atoms with Crippen molar-refractivity contribution in [3.8, 4) is 0 Å². The van der Waals surface area contributed by atoms with Crippen molar-refractivity contribution in [2.45, 2.75) is 53.6 Å². The average Bonchev–Trinajstić information content (AvgIpc) is 2.73. The molecule has 35 heavy (non-hydrogen) atoms. The summed E-state index contributed by atoms with van der Waals surface area (Å²) in [6, 6.07) is 2.45. The van der Waals surface area contributed by atoms with Gasteiger partial charge in [-0.15, -0.1) is 0 Å². The molecule has 1 aromatic carbocycles. The molecule has 1 rings (SSSR count). The number of carbonyl (C=O) groups excluding carboxylic acids is 3. The van der Waals surface area contributed by atoms with Crippen molar-refractivity contribution in [1.82, 2.24) is 5.06 Å². The topological polar surface area (TPSA) is 129 Å². The van der Waals surface area contributed by atoms with Gasteiger partial charge in [0.15, 0.2) is 0 Å². The van der Waals surface area contributed by atoms with Gasteiger partial charge in [0.1, 0.15) is 11.6 Å². The maximum Gasteiger partial charge on any atom is 0.344 e. The lowest BCUT2D eigenvalue weighted by Gasteiger charge is -2.28. The first-order chi connectivity index (χ1) is 16.0. The van der Waals surface area contributed by atoms with Crippen molar-refractivity contribution in [3.63, 3.8) is 0 Å². The van der Waals surface area contributed by atoms with Gasteiger partial charge in [-0.1, -0.05) is 6.07 Å². The van der Waals surface area contributed by atoms with Crippen molar-refractivity contribution in [2.75, 3.05) is 20.1 Å². The molecule has 0 aliphatic carbocycles. The van der Waals surface area contributed by atoms with E-state index in [1.165, 1.54) is 0 Å². The predicted molar refractivity (Wildman–Crippen MR) is 119 cm³/mol. The van der Waals surface area contributed by atoms with Crippen molar-refractivity contribution < 1.29 is 51.5 Å². The zero-order chi connectivity index (χ0) is 27.0. The Morgan fingerprint density at radius 2 is 1.51 bits per heavy atom. The summed E-state index contributed by atoms with van der Waals surface area (Å²) in [7, 11) is -4.55. The Bertz CT molecular complexity index is 908. The van der Waals surface area contributed by atoms with Crippen LogP contribution < -0.4 is 0 Å². The molecule has 10 nitrogen and oxygen atoms in total. The van der Waals surface area contributed by atoms with E-state index in [2.05, 4.69) is 0 Å². The molecule has 0 saturated heterocycles. The van der Waals surface area contributed by atoms with Gasteiger partial charge in [0.2, 0.25) is 20.0 Å². The number of amides is 1. The highest BCUT2D eigenvalue weighted by Crippen LogP contribution is 2.63. The summed E-state index contributed by atoms with van der Waals surface area (Å²) in [4.78, 5) is 34.9. The molecule has 1 N–H and O–H groups in total. The molecular weight excluding hydrogens is 491 g/mol. The van der Waals surface area contributed by atoms with Crippen LogP contribution >= 0.6 is 7.60 Å². The monoisotopic (exact) mass is 523 g/mol. The quantitative estimate of drug-likeness (QED) is 0.105. The molecule has 0 radical (unpaired) electrons. The number of hydroxylamine groups is 2. The summed E-state index contributed by atoms with van der Waals surface area (Å²) in [5, 5.41) is 9.73. The number of benzene rings is 1. The number of rotatable bonds is 12. The smallest absolute Gasteiger partial charge is 0.344 e. The van der Waals surface area contributed by atoms with E-state index < -0.39 is 67.8 Å². The fraction of sp³-hybridized carbons (Fsp3) is 0.591. The Kier molecular flexibility index (Phi) is 11.0. The Morgan fingerprint density at radius 3 is 1.91 bits per heavy atom. The fourth-order valence-corrected chi connectivity index (χ4v) is 4.34. The average molecular weight is 523 g/mol. The van der Waals surface area contributed by atoms with Crippen LogP contribution in [-0.4, -0.2) is 48.7 Å². The zero-order valence-corrected chi connectivity index (χ0v) is 21.5. The highest BCUT2D eigenvalue weighted by atomic mass is 31.2. The summed E-state index contributed by atoms with van der Waals surface area (Å²) in [6.45, 7) is 7.27. The minimum Gasteiger partial charge on any atom is -0.438 e. The van der Waals surface area contributed by atoms with Gasteiger partial charge in [0.05, 0.1) is 16.5 Å². The Morgan fingerprint density at radius 1 is 1.03 bits per heavy atom. The Balaban J connectivity index is 3.30. The second kappa shape index (κ2) is 12.5. The first-order valence-corrected chi connectivity index (χ1v) is 12.2. The van der Waals surface area contributed by atoms with Crippen LogP contribution in [0.25, 0.3) is 0 Å². The molecule has 1 atom stereocenters. The second-order valence-electron chi connectivity index (χ2n) is 9.64. The summed E-state index contributed by atoms with van der Waals surface area (Å²) in [5.41, 5.74) is -3.67. The van der Waals surface area contributed by atoms with Gasteiger partial charge in [-0.25, -0.2) is 13.8 Å². The van der Waals surface area contributed by atoms with Gasteiger partial charge in [0, 0.05) is 18.2 Å². The lowest BCUT2D eigenvalue weighted by atomic mass is 9.98. The molecule has 13 heteroatoms. The van der Waals surface area contributed by atoms with E-state index in [-0.39, 0.29) is 23.5 Å². The van der Waals surface area contributed by atoms with Crippen LogP contribution in [0.3, 0.4) is 0 Å². The molecule has 0 saturated carbocycles. The molecule has 0 fully saturated rings. The third-order valence-electron chi connectivity index (χ3n) is 4.53. The van der Waals surface area contributed by atoms with E-state index >= 15 is 0 Å². The number of hydrogen-bond donors (Lipinski definition) is 1. The van der Waals surface area contributed by atoms with E-state index in [4.69, 9.17) is 18.5 Å². The zero-order valence-electron chi connectivity index (χ0n) is 20.6. The molecule has 0 aliphatic heterocycles. The van der Waals surface area contributed by atoms with Crippen molar-refractivity contribution in [2.24, 2.45) is 10.8 Å². The third-order valence-corrected chi connectivity index (χ3v) is 6.76. The number of hydrogen-bond acceptors (Lipinski definition) is 9. The van der Waals surface area contributed by atoms with Crippen LogP contribution in [0.2, 0.25) is 0 Å². The van der Waals surface area contributed by atoms with Gasteiger partial charge < -0.3 is 9.47 Å². The van der Waals surface area contributed by atoms with Gasteiger partial charge >= 0.3 is 19.5 Å². The molecule has 0 heterocycles. The van der Waals surface area contributed by atoms with E-state index in [9.17, 15) is 32.9 Å². The molecule has 198 valence electrons. The molecule has 1 aromatic rings. The van der Waals surface area contributed by atoms with Gasteiger partial charge in [-0.05, 0) is 54.0 Å². The Hall–Kier alpha value is -2.40. The fourth-order valence-electron chi connectivity index (χ4n) is 2.52. The maximum atomic E-state index is 14.7. The van der Waals surface area contributed by atoms with Gasteiger partial charge in [-0.2, -0.15) is 0 Å². The normalized spacial score (nSPS) is 13.2. The number of halogens is 2. The summed E-state index contributed by atoms with van der Waals surface area (Å²) in [6.07, 6.45) is -0.309. The number of carbonyl (C=O) groups is 3. The van der Waals surface area contributed by atoms with Crippen LogP contribution in [0.1, 0.15) is 59.2 Å². The highest BCUT2D eigenvalue weighted by Gasteiger charge is 2.40. The van der Waals surface area contributed by atoms with E-state index in [1.807, 2.05) is 0 Å². The summed E-state index contributed by atoms with van der Waals surface area (Å²) < 4.78 is 62.5. The molecule has 1 unspecified atom stereocenters. The molecule has 0 spiro atoms. The van der Waals surface area contributed by atoms with Crippen LogP contribution in [-0.2, 0) is 37.5 Å². The van der Waals surface area contributed by atoms with Crippen LogP contribution in [0.4, 0.5) is 8.78 Å². The lowest BCUT2D eigenvalue weighted by molar-refractivity contribution is -0.162. The van der Waals surface area contributed by atoms with Gasteiger partial charge in [0.25, 0.3) is 0 Å². The molecular formula is C22H32F2NO9P. The van der Waals surface area contributed by atoms with Crippen LogP contribution in [0.15, 0.2) is 18.2 Å². The Labute approximate surface area is 203 Å². The minimum atomic E-state index is -4.55. The first kappa shape index (κ1) is 30.6. The van der Waals surface area contributed by atoms with E-state index in [1.54, 1.807) is 41.5 Å².